The predicted molar refractivity (Wildman–Crippen MR) is 75.2 cm³/mol. The number of benzene rings is 1. The third-order valence-electron chi connectivity index (χ3n) is 3.07. The van der Waals surface area contributed by atoms with Gasteiger partial charge in [0.1, 0.15) is 11.1 Å². The van der Waals surface area contributed by atoms with Crippen LogP contribution in [0, 0.1) is 0 Å². The van der Waals surface area contributed by atoms with Crippen LogP contribution in [0.1, 0.15) is 15.9 Å². The molecule has 0 amide bonds. The minimum absolute atomic E-state index is 0.193. The van der Waals surface area contributed by atoms with Gasteiger partial charge in [-0.05, 0) is 17.7 Å². The van der Waals surface area contributed by atoms with E-state index in [0.717, 1.165) is 18.7 Å². The molecule has 0 radical (unpaired) electrons. The highest BCUT2D eigenvalue weighted by Crippen LogP contribution is 2.12. The molecule has 0 aliphatic carbocycles. The monoisotopic (exact) mass is 280 g/mol. The van der Waals surface area contributed by atoms with Gasteiger partial charge in [-0.2, -0.15) is 0 Å². The molecular formula is C13H16N2O3S. The summed E-state index contributed by atoms with van der Waals surface area (Å²) >= 11 is 4.94. The molecule has 1 aromatic rings. The molecule has 1 aliphatic rings. The highest BCUT2D eigenvalue weighted by molar-refractivity contribution is 7.80. The Hall–Kier alpha value is -1.50. The van der Waals surface area contributed by atoms with Crippen LogP contribution in [-0.4, -0.2) is 46.8 Å². The van der Waals surface area contributed by atoms with E-state index in [4.69, 9.17) is 27.8 Å². The SMILES string of the molecule is NC(=S)C1CN(Cc2ccc(C(=O)O)cc2)CCO1. The molecule has 1 heterocycles. The average molecular weight is 280 g/mol. The van der Waals surface area contributed by atoms with Crippen LogP contribution in [0.2, 0.25) is 0 Å². The second-order valence-corrected chi connectivity index (χ2v) is 4.97. The van der Waals surface area contributed by atoms with Gasteiger partial charge in [0, 0.05) is 19.6 Å². The number of carboxylic acid groups (broad SMARTS) is 1. The minimum atomic E-state index is -0.911. The van der Waals surface area contributed by atoms with Gasteiger partial charge in [0.2, 0.25) is 0 Å². The minimum Gasteiger partial charge on any atom is -0.478 e. The summed E-state index contributed by atoms with van der Waals surface area (Å²) in [5, 5.41) is 8.84. The third kappa shape index (κ3) is 3.73. The van der Waals surface area contributed by atoms with Gasteiger partial charge < -0.3 is 15.6 Å². The number of nitrogens with zero attached hydrogens (tertiary/aromatic N) is 1. The molecule has 3 N–H and O–H groups in total. The van der Waals surface area contributed by atoms with Gasteiger partial charge in [0.15, 0.2) is 0 Å². The van der Waals surface area contributed by atoms with Crippen LogP contribution in [0.4, 0.5) is 0 Å². The first-order valence-electron chi connectivity index (χ1n) is 6.02. The van der Waals surface area contributed by atoms with Gasteiger partial charge in [-0.1, -0.05) is 24.4 Å². The van der Waals surface area contributed by atoms with Crippen LogP contribution in [-0.2, 0) is 11.3 Å². The summed E-state index contributed by atoms with van der Waals surface area (Å²) < 4.78 is 5.47. The Morgan fingerprint density at radius 2 is 2.16 bits per heavy atom. The lowest BCUT2D eigenvalue weighted by molar-refractivity contribution is 0.00391. The smallest absolute Gasteiger partial charge is 0.335 e. The van der Waals surface area contributed by atoms with Crippen molar-refractivity contribution in [3.63, 3.8) is 0 Å². The molecule has 1 saturated heterocycles. The summed E-state index contributed by atoms with van der Waals surface area (Å²) in [6.07, 6.45) is -0.193. The Kier molecular flexibility index (Phi) is 4.47. The number of hydrogen-bond acceptors (Lipinski definition) is 4. The van der Waals surface area contributed by atoms with Crippen molar-refractivity contribution in [2.75, 3.05) is 19.7 Å². The van der Waals surface area contributed by atoms with E-state index in [2.05, 4.69) is 4.90 Å². The molecule has 0 spiro atoms. The number of nitrogens with two attached hydrogens (primary N) is 1. The van der Waals surface area contributed by atoms with E-state index < -0.39 is 5.97 Å². The van der Waals surface area contributed by atoms with Crippen LogP contribution in [0.25, 0.3) is 0 Å². The molecule has 0 saturated carbocycles. The van der Waals surface area contributed by atoms with Gasteiger partial charge in [-0.3, -0.25) is 4.90 Å². The summed E-state index contributed by atoms with van der Waals surface area (Å²) in [6.45, 7) is 2.84. The molecule has 6 heteroatoms. The number of ether oxygens (including phenoxy) is 1. The van der Waals surface area contributed by atoms with Crippen molar-refractivity contribution in [1.29, 1.82) is 0 Å². The largest absolute Gasteiger partial charge is 0.478 e. The standard InChI is InChI=1S/C13H16N2O3S/c14-12(19)11-8-15(5-6-18-11)7-9-1-3-10(4-2-9)13(16)17/h1-4,11H,5-8H2,(H2,14,19)(H,16,17). The highest BCUT2D eigenvalue weighted by atomic mass is 32.1. The molecule has 0 bridgehead atoms. The van der Waals surface area contributed by atoms with Crippen LogP contribution >= 0.6 is 12.2 Å². The van der Waals surface area contributed by atoms with Crippen molar-refractivity contribution in [3.05, 3.63) is 35.4 Å². The molecule has 1 fully saturated rings. The van der Waals surface area contributed by atoms with Crippen molar-refractivity contribution >= 4 is 23.2 Å². The Labute approximate surface area is 117 Å². The van der Waals surface area contributed by atoms with Crippen molar-refractivity contribution in [2.45, 2.75) is 12.6 Å². The molecule has 0 aromatic heterocycles. The first kappa shape index (κ1) is 13.9. The Bertz CT molecular complexity index is 475. The van der Waals surface area contributed by atoms with E-state index in [1.165, 1.54) is 0 Å². The zero-order chi connectivity index (χ0) is 13.8. The van der Waals surface area contributed by atoms with E-state index in [0.29, 0.717) is 23.7 Å². The number of carbonyl (C=O) groups is 1. The fourth-order valence-electron chi connectivity index (χ4n) is 2.03. The summed E-state index contributed by atoms with van der Waals surface area (Å²) in [4.78, 5) is 13.3. The number of thiocarbonyl (C=S) groups is 1. The lowest BCUT2D eigenvalue weighted by atomic mass is 10.1. The van der Waals surface area contributed by atoms with Crippen molar-refractivity contribution in [3.8, 4) is 0 Å². The third-order valence-corrected chi connectivity index (χ3v) is 3.34. The fraction of sp³-hybridized carbons (Fsp3) is 0.385. The number of hydrogen-bond donors (Lipinski definition) is 2. The second kappa shape index (κ2) is 6.10. The van der Waals surface area contributed by atoms with Crippen LogP contribution < -0.4 is 5.73 Å². The maximum Gasteiger partial charge on any atom is 0.335 e. The zero-order valence-electron chi connectivity index (χ0n) is 10.4. The van der Waals surface area contributed by atoms with E-state index in [-0.39, 0.29) is 6.10 Å². The summed E-state index contributed by atoms with van der Waals surface area (Å²) in [5.74, 6) is -0.911. The highest BCUT2D eigenvalue weighted by Gasteiger charge is 2.22. The zero-order valence-corrected chi connectivity index (χ0v) is 11.2. The van der Waals surface area contributed by atoms with Crippen molar-refractivity contribution < 1.29 is 14.6 Å². The van der Waals surface area contributed by atoms with Gasteiger partial charge in [-0.25, -0.2) is 4.79 Å². The fourth-order valence-corrected chi connectivity index (χ4v) is 2.17. The molecule has 1 unspecified atom stereocenters. The number of aromatic carboxylic acids is 1. The molecule has 2 rings (SSSR count). The number of rotatable bonds is 4. The summed E-state index contributed by atoms with van der Waals surface area (Å²) in [6, 6.07) is 6.88. The van der Waals surface area contributed by atoms with E-state index in [1.807, 2.05) is 12.1 Å². The average Bonchev–Trinajstić information content (AvgIpc) is 2.39. The molecular weight excluding hydrogens is 264 g/mol. The normalized spacial score (nSPS) is 20.1. The first-order valence-corrected chi connectivity index (χ1v) is 6.42. The predicted octanol–water partition coefficient (Wildman–Crippen LogP) is 0.872. The Balaban J connectivity index is 1.96. The lowest BCUT2D eigenvalue weighted by Crippen LogP contribution is -2.47. The number of carboxylic acids is 1. The van der Waals surface area contributed by atoms with Gasteiger partial charge in [0.05, 0.1) is 12.2 Å². The molecule has 1 aliphatic heterocycles. The summed E-state index contributed by atoms with van der Waals surface area (Å²) in [5.41, 5.74) is 6.95. The van der Waals surface area contributed by atoms with E-state index >= 15 is 0 Å². The number of morpholine rings is 1. The maximum atomic E-state index is 10.8. The Morgan fingerprint density at radius 1 is 1.47 bits per heavy atom. The Morgan fingerprint density at radius 3 is 2.74 bits per heavy atom. The van der Waals surface area contributed by atoms with Gasteiger partial charge in [0.25, 0.3) is 0 Å². The van der Waals surface area contributed by atoms with Gasteiger partial charge in [-0.15, -0.1) is 0 Å². The quantitative estimate of drug-likeness (QED) is 0.797. The molecule has 19 heavy (non-hydrogen) atoms. The molecule has 102 valence electrons. The van der Waals surface area contributed by atoms with Gasteiger partial charge >= 0.3 is 5.97 Å². The van der Waals surface area contributed by atoms with Crippen LogP contribution in [0.15, 0.2) is 24.3 Å². The second-order valence-electron chi connectivity index (χ2n) is 4.50. The lowest BCUT2D eigenvalue weighted by Gasteiger charge is -2.32. The molecule has 1 atom stereocenters. The topological polar surface area (TPSA) is 75.8 Å². The van der Waals surface area contributed by atoms with Crippen LogP contribution in [0.3, 0.4) is 0 Å². The summed E-state index contributed by atoms with van der Waals surface area (Å²) in [7, 11) is 0. The van der Waals surface area contributed by atoms with Crippen molar-refractivity contribution in [1.82, 2.24) is 4.90 Å². The first-order chi connectivity index (χ1) is 9.06. The van der Waals surface area contributed by atoms with E-state index in [9.17, 15) is 4.79 Å². The maximum absolute atomic E-state index is 10.8. The van der Waals surface area contributed by atoms with Crippen molar-refractivity contribution in [2.24, 2.45) is 5.73 Å². The van der Waals surface area contributed by atoms with Crippen LogP contribution in [0.5, 0.6) is 0 Å². The molecule has 5 nitrogen and oxygen atoms in total. The molecule has 1 aromatic carbocycles. The van der Waals surface area contributed by atoms with E-state index in [1.54, 1.807) is 12.1 Å².